The predicted molar refractivity (Wildman–Crippen MR) is 60.6 cm³/mol. The van der Waals surface area contributed by atoms with Gasteiger partial charge < -0.3 is 10.4 Å². The highest BCUT2D eigenvalue weighted by Gasteiger charge is 2.18. The summed E-state index contributed by atoms with van der Waals surface area (Å²) in [5.74, 6) is -1.30. The lowest BCUT2D eigenvalue weighted by atomic mass is 10.3. The highest BCUT2D eigenvalue weighted by molar-refractivity contribution is 7.13. The van der Waals surface area contributed by atoms with Crippen LogP contribution in [0.1, 0.15) is 33.3 Å². The van der Waals surface area contributed by atoms with Crippen LogP contribution in [-0.4, -0.2) is 22.0 Å². The van der Waals surface area contributed by atoms with Crippen LogP contribution in [0.5, 0.6) is 0 Å². The number of carboxylic acids is 1. The first-order valence-electron chi connectivity index (χ1n) is 4.59. The number of hydrogen-bond acceptors (Lipinski definition) is 4. The van der Waals surface area contributed by atoms with E-state index >= 15 is 0 Å². The van der Waals surface area contributed by atoms with E-state index in [2.05, 4.69) is 16.9 Å². The van der Waals surface area contributed by atoms with Gasteiger partial charge in [-0.2, -0.15) is 0 Å². The maximum Gasteiger partial charge on any atom is 0.347 e. The Hall–Kier alpha value is -1.69. The molecule has 1 heterocycles. The molecule has 5 nitrogen and oxygen atoms in total. The Morgan fingerprint density at radius 1 is 1.62 bits per heavy atom. The average Bonchev–Trinajstić information content (AvgIpc) is 2.60. The second-order valence-corrected chi connectivity index (χ2v) is 4.24. The van der Waals surface area contributed by atoms with Crippen LogP contribution in [0.15, 0.2) is 12.7 Å². The number of carbonyl (C=O) groups is 2. The molecule has 1 aromatic heterocycles. The maximum absolute atomic E-state index is 11.1. The van der Waals surface area contributed by atoms with Crippen LogP contribution in [0, 0.1) is 6.92 Å². The van der Waals surface area contributed by atoms with E-state index in [4.69, 9.17) is 5.11 Å². The van der Waals surface area contributed by atoms with Gasteiger partial charge in [-0.05, 0) is 19.9 Å². The summed E-state index contributed by atoms with van der Waals surface area (Å²) < 4.78 is 0. The molecule has 0 bridgehead atoms. The Kier molecular flexibility index (Phi) is 3.78. The van der Waals surface area contributed by atoms with E-state index in [1.165, 1.54) is 0 Å². The summed E-state index contributed by atoms with van der Waals surface area (Å²) in [5, 5.41) is 12.1. The van der Waals surface area contributed by atoms with Crippen LogP contribution in [0.2, 0.25) is 0 Å². The molecule has 0 aromatic carbocycles. The van der Waals surface area contributed by atoms with Gasteiger partial charge >= 0.3 is 5.97 Å². The monoisotopic (exact) mass is 240 g/mol. The number of rotatable bonds is 4. The molecule has 0 aliphatic heterocycles. The van der Waals surface area contributed by atoms with Crippen molar-refractivity contribution in [3.05, 3.63) is 28.2 Å². The molecule has 0 saturated heterocycles. The number of carboxylic acid groups (broad SMARTS) is 1. The summed E-state index contributed by atoms with van der Waals surface area (Å²) in [6.45, 7) is 6.71. The molecule has 0 aliphatic carbocycles. The average molecular weight is 240 g/mol. The van der Waals surface area contributed by atoms with Crippen molar-refractivity contribution in [2.45, 2.75) is 19.9 Å². The molecule has 0 fully saturated rings. The number of hydrogen-bond donors (Lipinski definition) is 2. The topological polar surface area (TPSA) is 79.3 Å². The standard InChI is InChI=1S/C10H12N2O3S/c1-4-7(13)11-6(3)9-12-5(2)8(16-9)10(14)15/h4,6H,1H2,2-3H3,(H,11,13)(H,14,15). The van der Waals surface area contributed by atoms with E-state index in [0.29, 0.717) is 10.7 Å². The molecule has 1 amide bonds. The van der Waals surface area contributed by atoms with Gasteiger partial charge in [-0.15, -0.1) is 11.3 Å². The van der Waals surface area contributed by atoms with Crippen molar-refractivity contribution in [3.63, 3.8) is 0 Å². The summed E-state index contributed by atoms with van der Waals surface area (Å²) in [6, 6.07) is -0.317. The van der Waals surface area contributed by atoms with Gasteiger partial charge in [-0.1, -0.05) is 6.58 Å². The van der Waals surface area contributed by atoms with E-state index < -0.39 is 5.97 Å². The SMILES string of the molecule is C=CC(=O)NC(C)c1nc(C)c(C(=O)O)s1. The van der Waals surface area contributed by atoms with E-state index in [9.17, 15) is 9.59 Å². The lowest BCUT2D eigenvalue weighted by Gasteiger charge is -2.08. The molecule has 6 heteroatoms. The van der Waals surface area contributed by atoms with Gasteiger partial charge in [-0.25, -0.2) is 9.78 Å². The fourth-order valence-corrected chi connectivity index (χ4v) is 2.04. The molecular weight excluding hydrogens is 228 g/mol. The molecule has 1 unspecified atom stereocenters. The number of nitrogens with zero attached hydrogens (tertiary/aromatic N) is 1. The van der Waals surface area contributed by atoms with Gasteiger partial charge in [0.1, 0.15) is 9.88 Å². The van der Waals surface area contributed by atoms with Crippen molar-refractivity contribution in [2.24, 2.45) is 0 Å². The van der Waals surface area contributed by atoms with Crippen LogP contribution >= 0.6 is 11.3 Å². The summed E-state index contributed by atoms with van der Waals surface area (Å²) in [7, 11) is 0. The van der Waals surface area contributed by atoms with E-state index in [1.54, 1.807) is 13.8 Å². The molecule has 0 saturated carbocycles. The van der Waals surface area contributed by atoms with Crippen LogP contribution in [0.25, 0.3) is 0 Å². The van der Waals surface area contributed by atoms with Crippen molar-refractivity contribution < 1.29 is 14.7 Å². The molecule has 1 rings (SSSR count). The summed E-state index contributed by atoms with van der Waals surface area (Å²) in [6.07, 6.45) is 1.16. The Bertz CT molecular complexity index is 439. The third-order valence-corrected chi connectivity index (χ3v) is 3.25. The molecule has 0 radical (unpaired) electrons. The minimum atomic E-state index is -0.997. The third-order valence-electron chi connectivity index (χ3n) is 1.92. The molecular formula is C10H12N2O3S. The fourth-order valence-electron chi connectivity index (χ4n) is 1.13. The minimum Gasteiger partial charge on any atom is -0.477 e. The zero-order chi connectivity index (χ0) is 12.3. The number of nitrogens with one attached hydrogen (secondary N) is 1. The maximum atomic E-state index is 11.1. The molecule has 1 atom stereocenters. The highest BCUT2D eigenvalue weighted by atomic mass is 32.1. The normalized spacial score (nSPS) is 11.9. The van der Waals surface area contributed by atoms with Crippen LogP contribution in [-0.2, 0) is 4.79 Å². The number of aryl methyl sites for hydroxylation is 1. The van der Waals surface area contributed by atoms with Gasteiger partial charge in [0.2, 0.25) is 5.91 Å². The minimum absolute atomic E-state index is 0.203. The van der Waals surface area contributed by atoms with Gasteiger partial charge in [0.15, 0.2) is 0 Å². The number of amides is 1. The van der Waals surface area contributed by atoms with Crippen LogP contribution in [0.4, 0.5) is 0 Å². The number of thiazole rings is 1. The van der Waals surface area contributed by atoms with Crippen molar-refractivity contribution >= 4 is 23.2 Å². The Morgan fingerprint density at radius 3 is 2.69 bits per heavy atom. The van der Waals surface area contributed by atoms with Gasteiger partial charge in [0.25, 0.3) is 0 Å². The summed E-state index contributed by atoms with van der Waals surface area (Å²) in [4.78, 5) is 26.2. The Balaban J connectivity index is 2.88. The van der Waals surface area contributed by atoms with Crippen molar-refractivity contribution in [3.8, 4) is 0 Å². The number of aromatic nitrogens is 1. The summed E-state index contributed by atoms with van der Waals surface area (Å²) >= 11 is 1.07. The summed E-state index contributed by atoms with van der Waals surface area (Å²) in [5.41, 5.74) is 0.465. The smallest absolute Gasteiger partial charge is 0.347 e. The van der Waals surface area contributed by atoms with Gasteiger partial charge in [-0.3, -0.25) is 4.79 Å². The molecule has 16 heavy (non-hydrogen) atoms. The van der Waals surface area contributed by atoms with Crippen molar-refractivity contribution in [1.82, 2.24) is 10.3 Å². The second-order valence-electron chi connectivity index (χ2n) is 3.21. The zero-order valence-corrected chi connectivity index (χ0v) is 9.80. The Morgan fingerprint density at radius 2 is 2.25 bits per heavy atom. The first-order chi connectivity index (χ1) is 7.45. The quantitative estimate of drug-likeness (QED) is 0.782. The van der Waals surface area contributed by atoms with Crippen molar-refractivity contribution in [2.75, 3.05) is 0 Å². The Labute approximate surface area is 96.8 Å². The van der Waals surface area contributed by atoms with Gasteiger partial charge in [0, 0.05) is 0 Å². The first-order valence-corrected chi connectivity index (χ1v) is 5.41. The first kappa shape index (κ1) is 12.4. The third kappa shape index (κ3) is 2.66. The number of carbonyl (C=O) groups excluding carboxylic acids is 1. The van der Waals surface area contributed by atoms with Crippen LogP contribution in [0.3, 0.4) is 0 Å². The lowest BCUT2D eigenvalue weighted by Crippen LogP contribution is -2.24. The van der Waals surface area contributed by atoms with Gasteiger partial charge in [0.05, 0.1) is 11.7 Å². The van der Waals surface area contributed by atoms with Crippen LogP contribution < -0.4 is 5.32 Å². The van der Waals surface area contributed by atoms with Crippen molar-refractivity contribution in [1.29, 1.82) is 0 Å². The lowest BCUT2D eigenvalue weighted by molar-refractivity contribution is -0.117. The largest absolute Gasteiger partial charge is 0.477 e. The fraction of sp³-hybridized carbons (Fsp3) is 0.300. The molecule has 0 aliphatic rings. The molecule has 86 valence electrons. The molecule has 2 N–H and O–H groups in total. The van der Waals surface area contributed by atoms with E-state index in [0.717, 1.165) is 17.4 Å². The zero-order valence-electron chi connectivity index (χ0n) is 8.98. The predicted octanol–water partition coefficient (Wildman–Crippen LogP) is 1.51. The second kappa shape index (κ2) is 4.89. The van der Waals surface area contributed by atoms with E-state index in [1.807, 2.05) is 0 Å². The van der Waals surface area contributed by atoms with E-state index in [-0.39, 0.29) is 16.8 Å². The highest BCUT2D eigenvalue weighted by Crippen LogP contribution is 2.23. The molecule has 1 aromatic rings. The number of aromatic carboxylic acids is 1. The molecule has 0 spiro atoms.